The Bertz CT molecular complexity index is 478. The molecular weight excluding hydrogens is 246 g/mol. The van der Waals surface area contributed by atoms with Crippen molar-refractivity contribution in [1.82, 2.24) is 0 Å². The van der Waals surface area contributed by atoms with E-state index in [9.17, 15) is 0 Å². The first-order valence-electron chi connectivity index (χ1n) is 8.04. The fourth-order valence-electron chi connectivity index (χ4n) is 3.72. The van der Waals surface area contributed by atoms with Gasteiger partial charge in [-0.05, 0) is 75.0 Å². The van der Waals surface area contributed by atoms with Crippen molar-refractivity contribution in [2.75, 3.05) is 6.61 Å². The highest BCUT2D eigenvalue weighted by atomic mass is 16.5. The third-order valence-electron chi connectivity index (χ3n) is 5.44. The molecule has 1 heterocycles. The minimum Gasteiger partial charge on any atom is -0.375 e. The molecule has 2 unspecified atom stereocenters. The summed E-state index contributed by atoms with van der Waals surface area (Å²) in [6.45, 7) is 5.26. The van der Waals surface area contributed by atoms with E-state index in [1.54, 1.807) is 0 Å². The van der Waals surface area contributed by atoms with E-state index in [2.05, 4.69) is 32.0 Å². The Labute approximate surface area is 122 Å². The maximum absolute atomic E-state index is 6.51. The van der Waals surface area contributed by atoms with Crippen LogP contribution in [0.5, 0.6) is 0 Å². The lowest BCUT2D eigenvalue weighted by Crippen LogP contribution is -2.49. The molecule has 2 N–H and O–H groups in total. The molecular formula is C18H27NO. The molecule has 2 fully saturated rings. The summed E-state index contributed by atoms with van der Waals surface area (Å²) in [7, 11) is 0. The standard InChI is InChI=1S/C18H27NO/c1-13-4-5-15(10-14(13)2)11-17(19)16-6-9-20-18(12-16)7-3-8-18/h4-5,10,16-17H,3,6-9,11-12,19H2,1-2H3. The van der Waals surface area contributed by atoms with Crippen LogP contribution >= 0.6 is 0 Å². The molecule has 1 aliphatic heterocycles. The topological polar surface area (TPSA) is 35.2 Å². The van der Waals surface area contributed by atoms with Crippen LogP contribution in [0.2, 0.25) is 0 Å². The van der Waals surface area contributed by atoms with Gasteiger partial charge in [0.15, 0.2) is 0 Å². The SMILES string of the molecule is Cc1ccc(CC(N)C2CCOC3(CCC3)C2)cc1C. The molecule has 0 bridgehead atoms. The molecule has 0 amide bonds. The molecule has 1 saturated heterocycles. The Kier molecular flexibility index (Phi) is 3.87. The van der Waals surface area contributed by atoms with Crippen molar-refractivity contribution in [3.05, 3.63) is 34.9 Å². The molecule has 1 saturated carbocycles. The lowest BCUT2D eigenvalue weighted by molar-refractivity contribution is -0.145. The predicted molar refractivity (Wildman–Crippen MR) is 82.9 cm³/mol. The van der Waals surface area contributed by atoms with E-state index in [1.807, 2.05) is 0 Å². The van der Waals surface area contributed by atoms with Gasteiger partial charge in [-0.2, -0.15) is 0 Å². The molecule has 2 atom stereocenters. The average molecular weight is 273 g/mol. The lowest BCUT2D eigenvalue weighted by Gasteiger charge is -2.48. The molecule has 1 aromatic rings. The van der Waals surface area contributed by atoms with Crippen LogP contribution in [0.15, 0.2) is 18.2 Å². The summed E-state index contributed by atoms with van der Waals surface area (Å²) in [5.41, 5.74) is 10.8. The van der Waals surface area contributed by atoms with E-state index < -0.39 is 0 Å². The molecule has 0 aromatic heterocycles. The Morgan fingerprint density at radius 1 is 1.30 bits per heavy atom. The second-order valence-electron chi connectivity index (χ2n) is 6.92. The average Bonchev–Trinajstić information content (AvgIpc) is 2.41. The van der Waals surface area contributed by atoms with Gasteiger partial charge >= 0.3 is 0 Å². The van der Waals surface area contributed by atoms with Gasteiger partial charge in [-0.15, -0.1) is 0 Å². The van der Waals surface area contributed by atoms with Gasteiger partial charge in [0.25, 0.3) is 0 Å². The number of rotatable bonds is 3. The van der Waals surface area contributed by atoms with Gasteiger partial charge in [-0.25, -0.2) is 0 Å². The second kappa shape index (κ2) is 5.50. The lowest BCUT2D eigenvalue weighted by atomic mass is 9.70. The Morgan fingerprint density at radius 2 is 2.10 bits per heavy atom. The Hall–Kier alpha value is -0.860. The summed E-state index contributed by atoms with van der Waals surface area (Å²) in [6, 6.07) is 7.03. The van der Waals surface area contributed by atoms with Gasteiger partial charge in [0.2, 0.25) is 0 Å². The molecule has 3 rings (SSSR count). The van der Waals surface area contributed by atoms with Gasteiger partial charge in [0.1, 0.15) is 0 Å². The quantitative estimate of drug-likeness (QED) is 0.914. The van der Waals surface area contributed by atoms with Gasteiger partial charge in [0, 0.05) is 12.6 Å². The summed E-state index contributed by atoms with van der Waals surface area (Å²) in [5, 5.41) is 0. The number of hydrogen-bond acceptors (Lipinski definition) is 2. The molecule has 1 aromatic carbocycles. The van der Waals surface area contributed by atoms with E-state index in [-0.39, 0.29) is 11.6 Å². The van der Waals surface area contributed by atoms with Crippen molar-refractivity contribution < 1.29 is 4.74 Å². The van der Waals surface area contributed by atoms with E-state index in [1.165, 1.54) is 42.4 Å². The highest BCUT2D eigenvalue weighted by molar-refractivity contribution is 5.30. The molecule has 1 spiro atoms. The molecule has 2 nitrogen and oxygen atoms in total. The largest absolute Gasteiger partial charge is 0.375 e. The van der Waals surface area contributed by atoms with Crippen LogP contribution in [-0.4, -0.2) is 18.2 Å². The highest BCUT2D eigenvalue weighted by Crippen LogP contribution is 2.45. The van der Waals surface area contributed by atoms with Gasteiger partial charge in [-0.1, -0.05) is 18.2 Å². The summed E-state index contributed by atoms with van der Waals surface area (Å²) in [5.74, 6) is 0.630. The number of ether oxygens (including phenoxy) is 1. The number of benzene rings is 1. The molecule has 0 radical (unpaired) electrons. The predicted octanol–water partition coefficient (Wildman–Crippen LogP) is 3.52. The number of aryl methyl sites for hydroxylation is 2. The van der Waals surface area contributed by atoms with E-state index in [0.29, 0.717) is 5.92 Å². The van der Waals surface area contributed by atoms with Crippen LogP contribution < -0.4 is 5.73 Å². The van der Waals surface area contributed by atoms with Crippen LogP contribution in [-0.2, 0) is 11.2 Å². The summed E-state index contributed by atoms with van der Waals surface area (Å²) < 4.78 is 6.01. The smallest absolute Gasteiger partial charge is 0.0685 e. The third-order valence-corrected chi connectivity index (χ3v) is 5.44. The molecule has 110 valence electrons. The van der Waals surface area contributed by atoms with Crippen molar-refractivity contribution in [3.63, 3.8) is 0 Å². The van der Waals surface area contributed by atoms with Gasteiger partial charge in [-0.3, -0.25) is 0 Å². The van der Waals surface area contributed by atoms with Crippen LogP contribution in [0.1, 0.15) is 48.8 Å². The zero-order valence-corrected chi connectivity index (χ0v) is 12.8. The van der Waals surface area contributed by atoms with Crippen molar-refractivity contribution in [3.8, 4) is 0 Å². The van der Waals surface area contributed by atoms with Crippen molar-refractivity contribution in [2.24, 2.45) is 11.7 Å². The van der Waals surface area contributed by atoms with Gasteiger partial charge in [0.05, 0.1) is 5.60 Å². The number of hydrogen-bond donors (Lipinski definition) is 1. The van der Waals surface area contributed by atoms with Crippen LogP contribution in [0, 0.1) is 19.8 Å². The fourth-order valence-corrected chi connectivity index (χ4v) is 3.72. The fraction of sp³-hybridized carbons (Fsp3) is 0.667. The van der Waals surface area contributed by atoms with Crippen molar-refractivity contribution in [1.29, 1.82) is 0 Å². The first-order chi connectivity index (χ1) is 9.58. The first-order valence-corrected chi connectivity index (χ1v) is 8.04. The van der Waals surface area contributed by atoms with Crippen molar-refractivity contribution in [2.45, 2.75) is 64.0 Å². The zero-order valence-electron chi connectivity index (χ0n) is 12.8. The van der Waals surface area contributed by atoms with Gasteiger partial charge < -0.3 is 10.5 Å². The summed E-state index contributed by atoms with van der Waals surface area (Å²) in [6.07, 6.45) is 7.15. The normalized spacial score (nSPS) is 26.2. The van der Waals surface area contributed by atoms with E-state index in [4.69, 9.17) is 10.5 Å². The molecule has 20 heavy (non-hydrogen) atoms. The van der Waals surface area contributed by atoms with Crippen LogP contribution in [0.4, 0.5) is 0 Å². The first kappa shape index (κ1) is 14.1. The summed E-state index contributed by atoms with van der Waals surface area (Å²) in [4.78, 5) is 0. The number of nitrogens with two attached hydrogens (primary N) is 1. The third kappa shape index (κ3) is 2.77. The monoisotopic (exact) mass is 273 g/mol. The zero-order chi connectivity index (χ0) is 14.2. The Balaban J connectivity index is 1.63. The Morgan fingerprint density at radius 3 is 2.75 bits per heavy atom. The summed E-state index contributed by atoms with van der Waals surface area (Å²) >= 11 is 0. The van der Waals surface area contributed by atoms with Crippen LogP contribution in [0.25, 0.3) is 0 Å². The minimum atomic E-state index is 0.212. The van der Waals surface area contributed by atoms with Crippen molar-refractivity contribution >= 4 is 0 Å². The van der Waals surface area contributed by atoms with E-state index in [0.717, 1.165) is 19.4 Å². The minimum absolute atomic E-state index is 0.212. The molecule has 1 aliphatic carbocycles. The molecule has 2 heteroatoms. The maximum atomic E-state index is 6.51. The van der Waals surface area contributed by atoms with E-state index >= 15 is 0 Å². The highest BCUT2D eigenvalue weighted by Gasteiger charge is 2.43. The molecule has 2 aliphatic rings. The second-order valence-corrected chi connectivity index (χ2v) is 6.92. The maximum Gasteiger partial charge on any atom is 0.0685 e. The van der Waals surface area contributed by atoms with Crippen LogP contribution in [0.3, 0.4) is 0 Å².